The Labute approximate surface area is 110 Å². The molecule has 98 valence electrons. The first kappa shape index (κ1) is 12.9. The van der Waals surface area contributed by atoms with E-state index in [4.69, 9.17) is 10.00 Å². The van der Waals surface area contributed by atoms with Gasteiger partial charge in [-0.3, -0.25) is 9.59 Å². The molecule has 2 N–H and O–H groups in total. The molecule has 1 aromatic carbocycles. The van der Waals surface area contributed by atoms with Gasteiger partial charge in [-0.1, -0.05) is 18.2 Å². The average molecular weight is 259 g/mol. The second-order valence-electron chi connectivity index (χ2n) is 4.04. The fourth-order valence-corrected chi connectivity index (χ4v) is 1.92. The number of nitrogens with one attached hydrogen (secondary N) is 2. The second kappa shape index (κ2) is 5.87. The zero-order valence-corrected chi connectivity index (χ0v) is 10.2. The Hall–Kier alpha value is -2.55. The van der Waals surface area contributed by atoms with Crippen LogP contribution in [0.3, 0.4) is 0 Å². The minimum absolute atomic E-state index is 0.184. The quantitative estimate of drug-likeness (QED) is 0.589. The van der Waals surface area contributed by atoms with E-state index in [2.05, 4.69) is 10.6 Å². The zero-order valence-electron chi connectivity index (χ0n) is 10.2. The van der Waals surface area contributed by atoms with Gasteiger partial charge in [0.2, 0.25) is 0 Å². The number of hydrogen-bond donors (Lipinski definition) is 2. The number of fused-ring (bicyclic) bond motifs is 1. The maximum Gasteiger partial charge on any atom is 0.310 e. The molecule has 2 rings (SSSR count). The fourth-order valence-electron chi connectivity index (χ4n) is 1.92. The fraction of sp³-hybridized carbons (Fsp3) is 0.308. The van der Waals surface area contributed by atoms with Gasteiger partial charge < -0.3 is 15.4 Å². The number of amides is 2. The number of rotatable bonds is 2. The number of nitrogens with zero attached hydrogens (tertiary/aromatic N) is 1. The molecule has 19 heavy (non-hydrogen) atoms. The van der Waals surface area contributed by atoms with Crippen LogP contribution in [0, 0.1) is 11.3 Å². The Morgan fingerprint density at radius 2 is 2.16 bits per heavy atom. The van der Waals surface area contributed by atoms with E-state index in [0.29, 0.717) is 13.0 Å². The summed E-state index contributed by atoms with van der Waals surface area (Å²) in [6.45, 7) is 0.304. The third kappa shape index (κ3) is 3.01. The van der Waals surface area contributed by atoms with Crippen molar-refractivity contribution < 1.29 is 14.3 Å². The van der Waals surface area contributed by atoms with Gasteiger partial charge in [-0.2, -0.15) is 5.26 Å². The minimum atomic E-state index is -0.800. The van der Waals surface area contributed by atoms with Gasteiger partial charge in [-0.15, -0.1) is 0 Å². The maximum absolute atomic E-state index is 11.7. The maximum atomic E-state index is 11.7. The molecule has 0 aromatic heterocycles. The summed E-state index contributed by atoms with van der Waals surface area (Å²) < 4.78 is 5.47. The second-order valence-corrected chi connectivity index (χ2v) is 4.04. The molecule has 6 nitrogen and oxygen atoms in total. The Bertz CT molecular complexity index is 536. The first-order valence-corrected chi connectivity index (χ1v) is 5.89. The molecule has 1 aromatic rings. The summed E-state index contributed by atoms with van der Waals surface area (Å²) in [6, 6.07) is 8.87. The lowest BCUT2D eigenvalue weighted by Gasteiger charge is -2.26. The SMILES string of the molecule is N#CCNC(=O)C(=O)NC1CCOc2ccccc21. The lowest BCUT2D eigenvalue weighted by atomic mass is 10.0. The number of para-hydroxylation sites is 1. The van der Waals surface area contributed by atoms with Crippen LogP contribution < -0.4 is 15.4 Å². The van der Waals surface area contributed by atoms with Crippen LogP contribution in [0.5, 0.6) is 5.75 Å². The van der Waals surface area contributed by atoms with Crippen molar-refractivity contribution in [2.24, 2.45) is 0 Å². The van der Waals surface area contributed by atoms with E-state index in [-0.39, 0.29) is 12.6 Å². The van der Waals surface area contributed by atoms with E-state index >= 15 is 0 Å². The highest BCUT2D eigenvalue weighted by atomic mass is 16.5. The van der Waals surface area contributed by atoms with E-state index in [0.717, 1.165) is 11.3 Å². The standard InChI is InChI=1S/C13H13N3O3/c14-6-7-15-12(17)13(18)16-10-5-8-19-11-4-2-1-3-9(10)11/h1-4,10H,5,7-8H2,(H,15,17)(H,16,18). The molecule has 1 aliphatic rings. The van der Waals surface area contributed by atoms with Gasteiger partial charge in [-0.25, -0.2) is 0 Å². The number of hydrogen-bond acceptors (Lipinski definition) is 4. The Balaban J connectivity index is 2.03. The van der Waals surface area contributed by atoms with Crippen LogP contribution in [0.4, 0.5) is 0 Å². The third-order valence-electron chi connectivity index (χ3n) is 2.80. The van der Waals surface area contributed by atoms with E-state index in [1.54, 1.807) is 6.07 Å². The average Bonchev–Trinajstić information content (AvgIpc) is 2.45. The molecular formula is C13H13N3O3. The van der Waals surface area contributed by atoms with Crippen LogP contribution in [-0.2, 0) is 9.59 Å². The van der Waals surface area contributed by atoms with E-state index < -0.39 is 11.8 Å². The normalized spacial score (nSPS) is 16.5. The Morgan fingerprint density at radius 3 is 2.95 bits per heavy atom. The van der Waals surface area contributed by atoms with E-state index in [1.165, 1.54) is 0 Å². The number of nitriles is 1. The topological polar surface area (TPSA) is 91.2 Å². The molecule has 6 heteroatoms. The van der Waals surface area contributed by atoms with Crippen molar-refractivity contribution >= 4 is 11.8 Å². The molecule has 0 saturated heterocycles. The van der Waals surface area contributed by atoms with E-state index in [9.17, 15) is 9.59 Å². The highest BCUT2D eigenvalue weighted by molar-refractivity contribution is 6.35. The summed E-state index contributed by atoms with van der Waals surface area (Å²) in [7, 11) is 0. The van der Waals surface area contributed by atoms with Crippen LogP contribution in [0.25, 0.3) is 0 Å². The number of carbonyl (C=O) groups excluding carboxylic acids is 2. The first-order chi connectivity index (χ1) is 9.22. The Kier molecular flexibility index (Phi) is 3.98. The molecule has 0 spiro atoms. The van der Waals surface area contributed by atoms with Gasteiger partial charge in [-0.05, 0) is 6.07 Å². The molecule has 1 atom stereocenters. The van der Waals surface area contributed by atoms with Crippen molar-refractivity contribution in [2.45, 2.75) is 12.5 Å². The first-order valence-electron chi connectivity index (χ1n) is 5.89. The molecule has 0 bridgehead atoms. The summed E-state index contributed by atoms with van der Waals surface area (Å²) >= 11 is 0. The minimum Gasteiger partial charge on any atom is -0.493 e. The largest absolute Gasteiger partial charge is 0.493 e. The smallest absolute Gasteiger partial charge is 0.310 e. The molecule has 0 fully saturated rings. The molecule has 0 radical (unpaired) electrons. The lowest BCUT2D eigenvalue weighted by Crippen LogP contribution is -2.42. The van der Waals surface area contributed by atoms with Crippen LogP contribution in [0.2, 0.25) is 0 Å². The summed E-state index contributed by atoms with van der Waals surface area (Å²) in [5, 5.41) is 13.2. The third-order valence-corrected chi connectivity index (χ3v) is 2.80. The molecule has 1 unspecified atom stereocenters. The van der Waals surface area contributed by atoms with Crippen molar-refractivity contribution in [3.8, 4) is 11.8 Å². The molecule has 0 aliphatic carbocycles. The highest BCUT2D eigenvalue weighted by Crippen LogP contribution is 2.31. The van der Waals surface area contributed by atoms with Gasteiger partial charge >= 0.3 is 11.8 Å². The van der Waals surface area contributed by atoms with Crippen LogP contribution in [0.1, 0.15) is 18.0 Å². The highest BCUT2D eigenvalue weighted by Gasteiger charge is 2.24. The number of carbonyl (C=O) groups is 2. The molecule has 2 amide bonds. The van der Waals surface area contributed by atoms with Crippen LogP contribution in [-0.4, -0.2) is 25.0 Å². The van der Waals surface area contributed by atoms with Crippen molar-refractivity contribution in [3.63, 3.8) is 0 Å². The predicted molar refractivity (Wildman–Crippen MR) is 66.1 cm³/mol. The molecular weight excluding hydrogens is 246 g/mol. The van der Waals surface area contributed by atoms with Crippen molar-refractivity contribution in [1.29, 1.82) is 5.26 Å². The van der Waals surface area contributed by atoms with Crippen LogP contribution in [0.15, 0.2) is 24.3 Å². The molecule has 1 aliphatic heterocycles. The number of ether oxygens (including phenoxy) is 1. The van der Waals surface area contributed by atoms with Crippen molar-refractivity contribution in [2.75, 3.05) is 13.2 Å². The van der Waals surface area contributed by atoms with E-state index in [1.807, 2.05) is 24.3 Å². The van der Waals surface area contributed by atoms with Gasteiger partial charge in [0.05, 0.1) is 18.7 Å². The monoisotopic (exact) mass is 259 g/mol. The summed E-state index contributed by atoms with van der Waals surface area (Å²) in [4.78, 5) is 23.0. The Morgan fingerprint density at radius 1 is 1.37 bits per heavy atom. The van der Waals surface area contributed by atoms with Crippen LogP contribution >= 0.6 is 0 Å². The van der Waals surface area contributed by atoms with Crippen molar-refractivity contribution in [3.05, 3.63) is 29.8 Å². The summed E-state index contributed by atoms with van der Waals surface area (Å²) in [5.74, 6) is -0.820. The predicted octanol–water partition coefficient (Wildman–Crippen LogP) is 0.266. The van der Waals surface area contributed by atoms with Crippen molar-refractivity contribution in [1.82, 2.24) is 10.6 Å². The summed E-state index contributed by atoms with van der Waals surface area (Å²) in [6.07, 6.45) is 0.605. The molecule has 0 saturated carbocycles. The zero-order chi connectivity index (χ0) is 13.7. The summed E-state index contributed by atoms with van der Waals surface area (Å²) in [5.41, 5.74) is 0.857. The van der Waals surface area contributed by atoms with Gasteiger partial charge in [0.15, 0.2) is 0 Å². The van der Waals surface area contributed by atoms with Gasteiger partial charge in [0.1, 0.15) is 12.3 Å². The van der Waals surface area contributed by atoms with Gasteiger partial charge in [0, 0.05) is 12.0 Å². The lowest BCUT2D eigenvalue weighted by molar-refractivity contribution is -0.139. The molecule has 1 heterocycles. The van der Waals surface area contributed by atoms with Gasteiger partial charge in [0.25, 0.3) is 0 Å². The number of benzene rings is 1.